The van der Waals surface area contributed by atoms with Gasteiger partial charge in [0.25, 0.3) is 0 Å². The number of ketones is 1. The highest BCUT2D eigenvalue weighted by Gasteiger charge is 2.24. The maximum atomic E-state index is 12.3. The van der Waals surface area contributed by atoms with Crippen molar-refractivity contribution >= 4 is 34.6 Å². The first kappa shape index (κ1) is 20.8. The van der Waals surface area contributed by atoms with E-state index < -0.39 is 0 Å². The van der Waals surface area contributed by atoms with Gasteiger partial charge in [-0.25, -0.2) is 0 Å². The van der Waals surface area contributed by atoms with Crippen molar-refractivity contribution in [3.63, 3.8) is 0 Å². The second-order valence-corrected chi connectivity index (χ2v) is 8.58. The SMILES string of the molecule is COc1ccc([C@@H](CNC(=O)CCC(=O)c2ccc(Cl)s2)N2CCCC2)cc1. The highest BCUT2D eigenvalue weighted by atomic mass is 35.5. The number of rotatable bonds is 9. The maximum Gasteiger partial charge on any atom is 0.220 e. The number of ether oxygens (including phenoxy) is 1. The average molecular weight is 421 g/mol. The Morgan fingerprint density at radius 3 is 2.46 bits per heavy atom. The number of likely N-dealkylation sites (tertiary alicyclic amines) is 1. The number of thiophene rings is 1. The molecule has 1 aromatic heterocycles. The van der Waals surface area contributed by atoms with Gasteiger partial charge in [0.15, 0.2) is 5.78 Å². The number of hydrogen-bond acceptors (Lipinski definition) is 5. The van der Waals surface area contributed by atoms with E-state index in [1.807, 2.05) is 12.1 Å². The van der Waals surface area contributed by atoms with Gasteiger partial charge in [0, 0.05) is 19.4 Å². The van der Waals surface area contributed by atoms with Gasteiger partial charge in [-0.3, -0.25) is 14.5 Å². The van der Waals surface area contributed by atoms with Crippen LogP contribution in [0.4, 0.5) is 0 Å². The van der Waals surface area contributed by atoms with Gasteiger partial charge < -0.3 is 10.1 Å². The van der Waals surface area contributed by atoms with Crippen LogP contribution >= 0.6 is 22.9 Å². The number of hydrogen-bond donors (Lipinski definition) is 1. The Morgan fingerprint density at radius 2 is 1.86 bits per heavy atom. The summed E-state index contributed by atoms with van der Waals surface area (Å²) in [5, 5.41) is 3.01. The zero-order valence-electron chi connectivity index (χ0n) is 15.9. The number of nitrogens with zero attached hydrogens (tertiary/aromatic N) is 1. The minimum absolute atomic E-state index is 0.0432. The molecule has 5 nitrogen and oxygen atoms in total. The molecule has 2 aromatic rings. The second-order valence-electron chi connectivity index (χ2n) is 6.86. The van der Waals surface area contributed by atoms with Crippen LogP contribution in [-0.2, 0) is 4.79 Å². The van der Waals surface area contributed by atoms with Gasteiger partial charge in [0.05, 0.1) is 22.4 Å². The largest absolute Gasteiger partial charge is 0.497 e. The first-order valence-electron chi connectivity index (χ1n) is 9.50. The number of Topliss-reactive ketones (excluding diaryl/α,β-unsaturated/α-hetero) is 1. The van der Waals surface area contributed by atoms with E-state index in [0.717, 1.165) is 24.4 Å². The molecule has 0 aliphatic carbocycles. The van der Waals surface area contributed by atoms with E-state index in [9.17, 15) is 9.59 Å². The van der Waals surface area contributed by atoms with Crippen molar-refractivity contribution in [3.05, 3.63) is 51.2 Å². The maximum absolute atomic E-state index is 12.3. The number of benzene rings is 1. The third-order valence-corrected chi connectivity index (χ3v) is 6.27. The molecule has 0 saturated carbocycles. The van der Waals surface area contributed by atoms with E-state index >= 15 is 0 Å². The number of halogens is 1. The molecule has 1 atom stereocenters. The van der Waals surface area contributed by atoms with Crippen molar-refractivity contribution in [2.75, 3.05) is 26.7 Å². The van der Waals surface area contributed by atoms with Gasteiger partial charge in [0.1, 0.15) is 5.75 Å². The lowest BCUT2D eigenvalue weighted by Crippen LogP contribution is -2.36. The van der Waals surface area contributed by atoms with Crippen LogP contribution in [0.3, 0.4) is 0 Å². The predicted molar refractivity (Wildman–Crippen MR) is 112 cm³/mol. The van der Waals surface area contributed by atoms with Crippen molar-refractivity contribution < 1.29 is 14.3 Å². The van der Waals surface area contributed by atoms with Crippen molar-refractivity contribution in [3.8, 4) is 5.75 Å². The normalized spacial score (nSPS) is 15.4. The van der Waals surface area contributed by atoms with E-state index in [1.165, 1.54) is 24.2 Å². The van der Waals surface area contributed by atoms with Crippen LogP contribution in [0.5, 0.6) is 5.75 Å². The second kappa shape index (κ2) is 10.0. The summed E-state index contributed by atoms with van der Waals surface area (Å²) in [7, 11) is 1.65. The van der Waals surface area contributed by atoms with Gasteiger partial charge >= 0.3 is 0 Å². The molecule has 1 aliphatic rings. The molecule has 0 bridgehead atoms. The Bertz CT molecular complexity index is 800. The number of carbonyl (C=O) groups is 2. The van der Waals surface area contributed by atoms with E-state index in [4.69, 9.17) is 16.3 Å². The minimum Gasteiger partial charge on any atom is -0.497 e. The predicted octanol–water partition coefficient (Wildman–Crippen LogP) is 4.33. The molecular weight excluding hydrogens is 396 g/mol. The Hall–Kier alpha value is -1.89. The van der Waals surface area contributed by atoms with Crippen molar-refractivity contribution in [2.45, 2.75) is 31.7 Å². The summed E-state index contributed by atoms with van der Waals surface area (Å²) < 4.78 is 5.83. The van der Waals surface area contributed by atoms with Crippen LogP contribution in [-0.4, -0.2) is 43.3 Å². The smallest absolute Gasteiger partial charge is 0.220 e. The summed E-state index contributed by atoms with van der Waals surface area (Å²) in [5.74, 6) is 0.673. The molecule has 0 radical (unpaired) electrons. The molecule has 0 spiro atoms. The molecule has 7 heteroatoms. The minimum atomic E-state index is -0.103. The molecule has 3 rings (SSSR count). The third-order valence-electron chi connectivity index (χ3n) is 5.00. The molecule has 1 aliphatic heterocycles. The van der Waals surface area contributed by atoms with Gasteiger partial charge in [-0.2, -0.15) is 0 Å². The number of carbonyl (C=O) groups excluding carboxylic acids is 2. The highest BCUT2D eigenvalue weighted by Crippen LogP contribution is 2.26. The topological polar surface area (TPSA) is 58.6 Å². The van der Waals surface area contributed by atoms with Crippen LogP contribution in [0.1, 0.15) is 47.0 Å². The fourth-order valence-electron chi connectivity index (χ4n) is 3.45. The van der Waals surface area contributed by atoms with E-state index in [1.54, 1.807) is 19.2 Å². The number of nitrogens with one attached hydrogen (secondary N) is 1. The van der Waals surface area contributed by atoms with E-state index in [2.05, 4.69) is 22.3 Å². The van der Waals surface area contributed by atoms with Crippen molar-refractivity contribution in [1.29, 1.82) is 0 Å². The summed E-state index contributed by atoms with van der Waals surface area (Å²) in [6.07, 6.45) is 2.74. The van der Waals surface area contributed by atoms with Gasteiger partial charge in [0.2, 0.25) is 5.91 Å². The monoisotopic (exact) mass is 420 g/mol. The highest BCUT2D eigenvalue weighted by molar-refractivity contribution is 7.18. The fraction of sp³-hybridized carbons (Fsp3) is 0.429. The Balaban J connectivity index is 1.55. The van der Waals surface area contributed by atoms with Crippen LogP contribution < -0.4 is 10.1 Å². The van der Waals surface area contributed by atoms with Crippen LogP contribution in [0.25, 0.3) is 0 Å². The average Bonchev–Trinajstić information content (AvgIpc) is 3.39. The molecule has 1 amide bonds. The van der Waals surface area contributed by atoms with E-state index in [0.29, 0.717) is 15.8 Å². The molecule has 1 N–H and O–H groups in total. The Morgan fingerprint density at radius 1 is 1.14 bits per heavy atom. The molecule has 1 aromatic carbocycles. The molecule has 0 unspecified atom stereocenters. The molecule has 150 valence electrons. The first-order valence-corrected chi connectivity index (χ1v) is 10.7. The standard InChI is InChI=1S/C21H25ClN2O3S/c1-27-16-6-4-15(5-7-16)17(24-12-2-3-13-24)14-23-21(26)11-8-18(25)19-9-10-20(22)28-19/h4-7,9-10,17H,2-3,8,11-14H2,1H3,(H,23,26)/t17-/m1/s1. The summed E-state index contributed by atoms with van der Waals surface area (Å²) in [4.78, 5) is 27.5. The third kappa shape index (κ3) is 5.56. The molecule has 1 fully saturated rings. The van der Waals surface area contributed by atoms with Crippen molar-refractivity contribution in [2.24, 2.45) is 0 Å². The fourth-order valence-corrected chi connectivity index (χ4v) is 4.46. The molecule has 28 heavy (non-hydrogen) atoms. The summed E-state index contributed by atoms with van der Waals surface area (Å²) in [5.41, 5.74) is 1.16. The summed E-state index contributed by atoms with van der Waals surface area (Å²) in [6, 6.07) is 11.5. The molecule has 1 saturated heterocycles. The summed E-state index contributed by atoms with van der Waals surface area (Å²) in [6.45, 7) is 2.60. The van der Waals surface area contributed by atoms with Gasteiger partial charge in [-0.15, -0.1) is 11.3 Å². The molecule has 2 heterocycles. The quantitative estimate of drug-likeness (QED) is 0.613. The Labute approximate surface area is 174 Å². The number of amides is 1. The first-order chi connectivity index (χ1) is 13.6. The van der Waals surface area contributed by atoms with Crippen LogP contribution in [0.15, 0.2) is 36.4 Å². The van der Waals surface area contributed by atoms with Crippen LogP contribution in [0.2, 0.25) is 4.34 Å². The Kier molecular flexibility index (Phi) is 7.48. The van der Waals surface area contributed by atoms with Crippen LogP contribution in [0, 0.1) is 0 Å². The van der Waals surface area contributed by atoms with E-state index in [-0.39, 0.29) is 30.6 Å². The lowest BCUT2D eigenvalue weighted by molar-refractivity contribution is -0.121. The van der Waals surface area contributed by atoms with Crippen molar-refractivity contribution in [1.82, 2.24) is 10.2 Å². The molecular formula is C21H25ClN2O3S. The lowest BCUT2D eigenvalue weighted by Gasteiger charge is -2.28. The van der Waals surface area contributed by atoms with Gasteiger partial charge in [-0.05, 0) is 55.8 Å². The van der Waals surface area contributed by atoms with Gasteiger partial charge in [-0.1, -0.05) is 23.7 Å². The summed E-state index contributed by atoms with van der Waals surface area (Å²) >= 11 is 7.12. The zero-order chi connectivity index (χ0) is 19.9. The zero-order valence-corrected chi connectivity index (χ0v) is 17.5. The lowest BCUT2D eigenvalue weighted by atomic mass is 10.0. The number of methoxy groups -OCH3 is 1.